The molecule has 1 rings (SSSR count). The molecule has 0 spiro atoms. The fraction of sp³-hybridized carbons (Fsp3) is 0.684. The van der Waals surface area contributed by atoms with Gasteiger partial charge in [-0.2, -0.15) is 0 Å². The van der Waals surface area contributed by atoms with E-state index in [-0.39, 0.29) is 0 Å². The highest BCUT2D eigenvalue weighted by Crippen LogP contribution is 2.39. The zero-order chi connectivity index (χ0) is 17.7. The third-order valence-electron chi connectivity index (χ3n) is 4.24. The zero-order valence-corrected chi connectivity index (χ0v) is 16.7. The van der Waals surface area contributed by atoms with Crippen LogP contribution in [-0.2, 0) is 18.2 Å². The first kappa shape index (κ1) is 21.6. The van der Waals surface area contributed by atoms with Crippen molar-refractivity contribution in [3.05, 3.63) is 29.8 Å². The van der Waals surface area contributed by atoms with E-state index in [9.17, 15) is 9.79 Å². The van der Waals surface area contributed by atoms with Gasteiger partial charge in [-0.3, -0.25) is 0 Å². The predicted octanol–water partition coefficient (Wildman–Crippen LogP) is 6.13. The molecule has 0 unspecified atom stereocenters. The molecule has 2 N–H and O–H groups in total. The zero-order valence-electron chi connectivity index (χ0n) is 15.0. The highest BCUT2D eigenvalue weighted by molar-refractivity contribution is 8.06. The van der Waals surface area contributed by atoms with Gasteiger partial charge >= 0.3 is 6.72 Å². The standard InChI is InChI=1S/C19H33O3PS/c1-2-3-4-5-6-7-8-9-10-11-12-15-18-16-13-14-17-19(18)22-23(20,21)24/h13-14,16-17H,2-12,15H2,1H3,(H2,20,21,24). The molecule has 0 atom stereocenters. The van der Waals surface area contributed by atoms with Crippen molar-refractivity contribution >= 4 is 18.5 Å². The van der Waals surface area contributed by atoms with Gasteiger partial charge in [-0.15, -0.1) is 0 Å². The molecule has 0 heterocycles. The summed E-state index contributed by atoms with van der Waals surface area (Å²) in [7, 11) is 0. The van der Waals surface area contributed by atoms with E-state index in [1.54, 1.807) is 6.07 Å². The molecule has 0 aromatic heterocycles. The van der Waals surface area contributed by atoms with Gasteiger partial charge in [-0.1, -0.05) is 89.3 Å². The first-order chi connectivity index (χ1) is 11.5. The normalized spacial score (nSPS) is 11.6. The van der Waals surface area contributed by atoms with Crippen LogP contribution in [-0.4, -0.2) is 9.79 Å². The summed E-state index contributed by atoms with van der Waals surface area (Å²) in [6.07, 6.45) is 15.4. The molecule has 0 bridgehead atoms. The monoisotopic (exact) mass is 372 g/mol. The average Bonchev–Trinajstić information content (AvgIpc) is 2.52. The van der Waals surface area contributed by atoms with E-state index in [1.807, 2.05) is 18.2 Å². The second-order valence-corrected chi connectivity index (χ2v) is 9.07. The predicted molar refractivity (Wildman–Crippen MR) is 106 cm³/mol. The number of hydrogen-bond acceptors (Lipinski definition) is 2. The van der Waals surface area contributed by atoms with Gasteiger partial charge in [0.1, 0.15) is 5.75 Å². The number of unbranched alkanes of at least 4 members (excludes halogenated alkanes) is 10. The SMILES string of the molecule is CCCCCCCCCCCCCc1ccccc1OP(O)(O)=S. The Morgan fingerprint density at radius 2 is 1.33 bits per heavy atom. The Balaban J connectivity index is 2.10. The van der Waals surface area contributed by atoms with Gasteiger partial charge in [-0.05, 0) is 24.5 Å². The Labute approximate surface area is 152 Å². The van der Waals surface area contributed by atoms with Crippen LogP contribution in [0.2, 0.25) is 0 Å². The van der Waals surface area contributed by atoms with E-state index in [0.29, 0.717) is 5.75 Å². The summed E-state index contributed by atoms with van der Waals surface area (Å²) in [6.45, 7) is -1.39. The molecular formula is C19H33O3PS. The number of aryl methyl sites for hydroxylation is 1. The summed E-state index contributed by atoms with van der Waals surface area (Å²) in [5, 5.41) is 0. The molecule has 24 heavy (non-hydrogen) atoms. The summed E-state index contributed by atoms with van der Waals surface area (Å²) in [5.74, 6) is 0.512. The number of benzene rings is 1. The lowest BCUT2D eigenvalue weighted by Gasteiger charge is -2.13. The van der Waals surface area contributed by atoms with E-state index in [4.69, 9.17) is 4.52 Å². The fourth-order valence-corrected chi connectivity index (χ4v) is 3.58. The maximum Gasteiger partial charge on any atom is 0.375 e. The van der Waals surface area contributed by atoms with Gasteiger partial charge in [0.05, 0.1) is 0 Å². The van der Waals surface area contributed by atoms with Crippen molar-refractivity contribution in [1.82, 2.24) is 0 Å². The Morgan fingerprint density at radius 1 is 0.833 bits per heavy atom. The number of hydrogen-bond donors (Lipinski definition) is 2. The lowest BCUT2D eigenvalue weighted by atomic mass is 10.0. The summed E-state index contributed by atoms with van der Waals surface area (Å²) in [4.78, 5) is 18.6. The van der Waals surface area contributed by atoms with Crippen LogP contribution in [0.4, 0.5) is 0 Å². The molecule has 0 aliphatic heterocycles. The van der Waals surface area contributed by atoms with Crippen LogP contribution < -0.4 is 4.52 Å². The Kier molecular flexibility index (Phi) is 11.6. The Bertz CT molecular complexity index is 487. The molecule has 5 heteroatoms. The van der Waals surface area contributed by atoms with Crippen LogP contribution in [0.5, 0.6) is 5.75 Å². The van der Waals surface area contributed by atoms with E-state index in [1.165, 1.54) is 64.2 Å². The van der Waals surface area contributed by atoms with Crippen molar-refractivity contribution in [2.75, 3.05) is 0 Å². The van der Waals surface area contributed by atoms with Gasteiger partial charge in [0.2, 0.25) is 0 Å². The second-order valence-electron chi connectivity index (χ2n) is 6.48. The Hall–Kier alpha value is -0.410. The smallest absolute Gasteiger partial charge is 0.375 e. The van der Waals surface area contributed by atoms with E-state index in [2.05, 4.69) is 18.7 Å². The van der Waals surface area contributed by atoms with Crippen molar-refractivity contribution < 1.29 is 14.3 Å². The van der Waals surface area contributed by atoms with Crippen LogP contribution >= 0.6 is 6.72 Å². The van der Waals surface area contributed by atoms with E-state index < -0.39 is 6.72 Å². The van der Waals surface area contributed by atoms with E-state index >= 15 is 0 Å². The van der Waals surface area contributed by atoms with Crippen LogP contribution in [0.3, 0.4) is 0 Å². The minimum absolute atomic E-state index is 0.512. The topological polar surface area (TPSA) is 49.7 Å². The Morgan fingerprint density at radius 3 is 1.88 bits per heavy atom. The third kappa shape index (κ3) is 11.2. The lowest BCUT2D eigenvalue weighted by molar-refractivity contribution is 0.368. The van der Waals surface area contributed by atoms with Gasteiger partial charge in [-0.25, -0.2) is 0 Å². The lowest BCUT2D eigenvalue weighted by Crippen LogP contribution is -1.95. The van der Waals surface area contributed by atoms with Gasteiger partial charge in [0.25, 0.3) is 0 Å². The number of rotatable bonds is 14. The largest absolute Gasteiger partial charge is 0.424 e. The molecule has 0 saturated carbocycles. The van der Waals surface area contributed by atoms with Crippen LogP contribution in [0.1, 0.15) is 83.1 Å². The molecule has 1 aromatic rings. The first-order valence-corrected chi connectivity index (χ1v) is 12.0. The fourth-order valence-electron chi connectivity index (χ4n) is 2.91. The second kappa shape index (κ2) is 12.9. The maximum absolute atomic E-state index is 9.31. The molecule has 0 amide bonds. The van der Waals surface area contributed by atoms with Gasteiger partial charge < -0.3 is 14.3 Å². The molecular weight excluding hydrogens is 339 g/mol. The molecule has 0 fully saturated rings. The molecule has 138 valence electrons. The molecule has 0 radical (unpaired) electrons. The quantitative estimate of drug-likeness (QED) is 0.305. The third-order valence-corrected chi connectivity index (χ3v) is 4.90. The minimum Gasteiger partial charge on any atom is -0.424 e. The summed E-state index contributed by atoms with van der Waals surface area (Å²) < 4.78 is 5.12. The van der Waals surface area contributed by atoms with E-state index in [0.717, 1.165) is 18.4 Å². The van der Waals surface area contributed by atoms with Crippen LogP contribution in [0, 0.1) is 0 Å². The summed E-state index contributed by atoms with van der Waals surface area (Å²) in [5.41, 5.74) is 1.01. The van der Waals surface area contributed by atoms with Crippen LogP contribution in [0.25, 0.3) is 0 Å². The van der Waals surface area contributed by atoms with Crippen LogP contribution in [0.15, 0.2) is 24.3 Å². The summed E-state index contributed by atoms with van der Waals surface area (Å²) in [6, 6.07) is 7.49. The first-order valence-electron chi connectivity index (χ1n) is 9.36. The maximum atomic E-state index is 9.31. The minimum atomic E-state index is -3.65. The molecule has 1 aromatic carbocycles. The molecule has 0 aliphatic rings. The molecule has 3 nitrogen and oxygen atoms in total. The van der Waals surface area contributed by atoms with Crippen molar-refractivity contribution in [1.29, 1.82) is 0 Å². The van der Waals surface area contributed by atoms with Gasteiger partial charge in [0.15, 0.2) is 0 Å². The average molecular weight is 373 g/mol. The number of para-hydroxylation sites is 1. The van der Waals surface area contributed by atoms with Crippen molar-refractivity contribution in [3.8, 4) is 5.75 Å². The summed E-state index contributed by atoms with van der Waals surface area (Å²) >= 11 is 4.55. The van der Waals surface area contributed by atoms with Crippen molar-refractivity contribution in [2.45, 2.75) is 84.0 Å². The van der Waals surface area contributed by atoms with Crippen molar-refractivity contribution in [3.63, 3.8) is 0 Å². The molecule has 0 saturated heterocycles. The highest BCUT2D eigenvalue weighted by Gasteiger charge is 2.12. The molecule has 0 aliphatic carbocycles. The van der Waals surface area contributed by atoms with Gasteiger partial charge in [0, 0.05) is 11.8 Å². The highest BCUT2D eigenvalue weighted by atomic mass is 32.5. The van der Waals surface area contributed by atoms with Crippen molar-refractivity contribution in [2.24, 2.45) is 0 Å².